The molecule has 0 fully saturated rings. The van der Waals surface area contributed by atoms with Gasteiger partial charge in [-0.3, -0.25) is 14.4 Å². The number of hydrogen-bond donors (Lipinski definition) is 3. The van der Waals surface area contributed by atoms with Gasteiger partial charge in [0.15, 0.2) is 0 Å². The number of nitrogens with zero attached hydrogens (tertiary/aromatic N) is 1. The smallest absolute Gasteiger partial charge is 0.251 e. The first-order chi connectivity index (χ1) is 13.5. The Morgan fingerprint density at radius 3 is 2.57 bits per heavy atom. The van der Waals surface area contributed by atoms with E-state index in [9.17, 15) is 14.4 Å². The summed E-state index contributed by atoms with van der Waals surface area (Å²) >= 11 is 1.48. The number of amides is 3. The fourth-order valence-corrected chi connectivity index (χ4v) is 3.30. The number of thiazole rings is 1. The van der Waals surface area contributed by atoms with E-state index in [0.717, 1.165) is 10.6 Å². The lowest BCUT2D eigenvalue weighted by Gasteiger charge is -2.07. The summed E-state index contributed by atoms with van der Waals surface area (Å²) in [4.78, 5) is 39.5. The van der Waals surface area contributed by atoms with Gasteiger partial charge >= 0.3 is 0 Å². The van der Waals surface area contributed by atoms with Crippen LogP contribution in [0.4, 0.5) is 5.69 Å². The average Bonchev–Trinajstić information content (AvgIpc) is 3.15. The summed E-state index contributed by atoms with van der Waals surface area (Å²) in [6.07, 6.45) is 0.126. The summed E-state index contributed by atoms with van der Waals surface area (Å²) in [5.41, 5.74) is 7.50. The Morgan fingerprint density at radius 2 is 1.82 bits per heavy atom. The Balaban J connectivity index is 1.61. The van der Waals surface area contributed by atoms with Crippen LogP contribution in [0.2, 0.25) is 0 Å². The second-order valence-electron chi connectivity index (χ2n) is 5.96. The van der Waals surface area contributed by atoms with E-state index in [1.165, 1.54) is 17.4 Å². The molecule has 3 amide bonds. The third kappa shape index (κ3) is 5.24. The van der Waals surface area contributed by atoms with Crippen molar-refractivity contribution >= 4 is 34.7 Å². The topological polar surface area (TPSA) is 114 Å². The number of nitrogens with two attached hydrogens (primary N) is 1. The van der Waals surface area contributed by atoms with Crippen LogP contribution in [0.5, 0.6) is 0 Å². The Bertz CT molecular complexity index is 1000. The van der Waals surface area contributed by atoms with Gasteiger partial charge in [0.25, 0.3) is 5.91 Å². The summed E-state index contributed by atoms with van der Waals surface area (Å²) in [6.45, 7) is -0.247. The molecule has 0 spiro atoms. The third-order valence-electron chi connectivity index (χ3n) is 3.75. The maximum atomic E-state index is 12.3. The van der Waals surface area contributed by atoms with Gasteiger partial charge in [-0.1, -0.05) is 36.4 Å². The summed E-state index contributed by atoms with van der Waals surface area (Å²) in [5.74, 6) is -1.31. The first-order valence-corrected chi connectivity index (χ1v) is 9.35. The van der Waals surface area contributed by atoms with Crippen molar-refractivity contribution in [3.05, 3.63) is 71.2 Å². The fraction of sp³-hybridized carbons (Fsp3) is 0.100. The van der Waals surface area contributed by atoms with Crippen LogP contribution in [0.15, 0.2) is 60.0 Å². The molecular weight excluding hydrogens is 376 g/mol. The van der Waals surface area contributed by atoms with Gasteiger partial charge < -0.3 is 16.4 Å². The van der Waals surface area contributed by atoms with Crippen LogP contribution in [-0.4, -0.2) is 29.3 Å². The van der Waals surface area contributed by atoms with Crippen LogP contribution in [0.25, 0.3) is 10.6 Å². The van der Waals surface area contributed by atoms with Crippen molar-refractivity contribution in [3.8, 4) is 10.6 Å². The number of nitrogens with one attached hydrogen (secondary N) is 2. The molecule has 7 nitrogen and oxygen atoms in total. The van der Waals surface area contributed by atoms with E-state index in [-0.39, 0.29) is 18.9 Å². The lowest BCUT2D eigenvalue weighted by atomic mass is 10.2. The number of benzene rings is 2. The van der Waals surface area contributed by atoms with E-state index >= 15 is 0 Å². The van der Waals surface area contributed by atoms with Crippen LogP contribution in [0.3, 0.4) is 0 Å². The fourth-order valence-electron chi connectivity index (χ4n) is 2.48. The molecule has 0 saturated carbocycles. The Kier molecular flexibility index (Phi) is 6.13. The van der Waals surface area contributed by atoms with E-state index in [1.54, 1.807) is 18.2 Å². The Labute approximate surface area is 165 Å². The summed E-state index contributed by atoms with van der Waals surface area (Å²) in [5, 5.41) is 7.87. The monoisotopic (exact) mass is 394 g/mol. The van der Waals surface area contributed by atoms with Crippen molar-refractivity contribution < 1.29 is 14.4 Å². The normalized spacial score (nSPS) is 10.3. The molecule has 0 aliphatic rings. The molecular formula is C20H18N4O3S. The molecule has 3 aromatic rings. The second-order valence-corrected chi connectivity index (χ2v) is 6.82. The van der Waals surface area contributed by atoms with Gasteiger partial charge in [0.2, 0.25) is 11.8 Å². The van der Waals surface area contributed by atoms with E-state index < -0.39 is 11.8 Å². The molecule has 142 valence electrons. The Morgan fingerprint density at radius 1 is 1.04 bits per heavy atom. The van der Waals surface area contributed by atoms with Gasteiger partial charge in [0, 0.05) is 22.2 Å². The van der Waals surface area contributed by atoms with E-state index in [2.05, 4.69) is 15.6 Å². The van der Waals surface area contributed by atoms with Crippen LogP contribution >= 0.6 is 11.3 Å². The van der Waals surface area contributed by atoms with Crippen LogP contribution in [0.1, 0.15) is 16.1 Å². The SMILES string of the molecule is NC(=O)CNC(=O)c1cccc(NC(=O)Cc2csc(-c3ccccc3)n2)c1. The van der Waals surface area contributed by atoms with Gasteiger partial charge in [0.05, 0.1) is 18.7 Å². The summed E-state index contributed by atoms with van der Waals surface area (Å²) in [6, 6.07) is 16.2. The van der Waals surface area contributed by atoms with Crippen molar-refractivity contribution in [2.75, 3.05) is 11.9 Å². The molecule has 0 aliphatic carbocycles. The van der Waals surface area contributed by atoms with Gasteiger partial charge in [0.1, 0.15) is 5.01 Å². The van der Waals surface area contributed by atoms with Gasteiger partial charge in [-0.25, -0.2) is 4.98 Å². The Hall–Kier alpha value is -3.52. The number of carbonyl (C=O) groups excluding carboxylic acids is 3. The number of primary amides is 1. The lowest BCUT2D eigenvalue weighted by Crippen LogP contribution is -2.33. The molecule has 0 aliphatic heterocycles. The van der Waals surface area contributed by atoms with Crippen molar-refractivity contribution in [2.45, 2.75) is 6.42 Å². The highest BCUT2D eigenvalue weighted by Gasteiger charge is 2.11. The van der Waals surface area contributed by atoms with Crippen molar-refractivity contribution in [1.29, 1.82) is 0 Å². The molecule has 1 heterocycles. The van der Waals surface area contributed by atoms with Crippen molar-refractivity contribution in [2.24, 2.45) is 5.73 Å². The summed E-state index contributed by atoms with van der Waals surface area (Å²) in [7, 11) is 0. The zero-order chi connectivity index (χ0) is 19.9. The molecule has 1 aromatic heterocycles. The number of rotatable bonds is 7. The third-order valence-corrected chi connectivity index (χ3v) is 4.69. The van der Waals surface area contributed by atoms with Gasteiger partial charge in [-0.15, -0.1) is 11.3 Å². The molecule has 8 heteroatoms. The number of hydrogen-bond acceptors (Lipinski definition) is 5. The number of anilines is 1. The molecule has 0 radical (unpaired) electrons. The molecule has 0 bridgehead atoms. The van der Waals surface area contributed by atoms with Crippen molar-refractivity contribution in [1.82, 2.24) is 10.3 Å². The quantitative estimate of drug-likeness (QED) is 0.570. The predicted molar refractivity (Wildman–Crippen MR) is 108 cm³/mol. The molecule has 3 rings (SSSR count). The molecule has 28 heavy (non-hydrogen) atoms. The second kappa shape index (κ2) is 8.92. The zero-order valence-electron chi connectivity index (χ0n) is 14.8. The highest BCUT2D eigenvalue weighted by Crippen LogP contribution is 2.23. The van der Waals surface area contributed by atoms with Crippen LogP contribution in [0, 0.1) is 0 Å². The van der Waals surface area contributed by atoms with E-state index in [0.29, 0.717) is 16.9 Å². The van der Waals surface area contributed by atoms with Crippen molar-refractivity contribution in [3.63, 3.8) is 0 Å². The standard InChI is InChI=1S/C20H18N4O3S/c21-17(25)11-22-19(27)14-7-4-8-15(9-14)23-18(26)10-16-12-28-20(24-16)13-5-2-1-3-6-13/h1-9,12H,10-11H2,(H2,21,25)(H,22,27)(H,23,26). The summed E-state index contributed by atoms with van der Waals surface area (Å²) < 4.78 is 0. The molecule has 0 atom stereocenters. The molecule has 0 saturated heterocycles. The minimum atomic E-state index is -0.629. The minimum absolute atomic E-state index is 0.126. The highest BCUT2D eigenvalue weighted by molar-refractivity contribution is 7.13. The van der Waals surface area contributed by atoms with Crippen LogP contribution < -0.4 is 16.4 Å². The maximum Gasteiger partial charge on any atom is 0.251 e. The number of aromatic nitrogens is 1. The van der Waals surface area contributed by atoms with Gasteiger partial charge in [-0.05, 0) is 18.2 Å². The van der Waals surface area contributed by atoms with Crippen LogP contribution in [-0.2, 0) is 16.0 Å². The largest absolute Gasteiger partial charge is 0.368 e. The first kappa shape index (κ1) is 19.2. The average molecular weight is 394 g/mol. The highest BCUT2D eigenvalue weighted by atomic mass is 32.1. The predicted octanol–water partition coefficient (Wildman–Crippen LogP) is 2.21. The van der Waals surface area contributed by atoms with E-state index in [4.69, 9.17) is 5.73 Å². The maximum absolute atomic E-state index is 12.3. The van der Waals surface area contributed by atoms with E-state index in [1.807, 2.05) is 35.7 Å². The molecule has 4 N–H and O–H groups in total. The number of carbonyl (C=O) groups is 3. The molecule has 2 aromatic carbocycles. The van der Waals surface area contributed by atoms with Gasteiger partial charge in [-0.2, -0.15) is 0 Å². The minimum Gasteiger partial charge on any atom is -0.368 e. The first-order valence-electron chi connectivity index (χ1n) is 8.47. The zero-order valence-corrected chi connectivity index (χ0v) is 15.7. The molecule has 0 unspecified atom stereocenters. The lowest BCUT2D eigenvalue weighted by molar-refractivity contribution is -0.117.